The van der Waals surface area contributed by atoms with Gasteiger partial charge in [0.15, 0.2) is 0 Å². The number of ether oxygens (including phenoxy) is 2. The van der Waals surface area contributed by atoms with E-state index in [0.717, 1.165) is 44.3 Å². The molecule has 2 fully saturated rings. The fraction of sp³-hybridized carbons (Fsp3) is 0.593. The third-order valence-electron chi connectivity index (χ3n) is 6.69. The Morgan fingerprint density at radius 2 is 1.95 bits per heavy atom. The fourth-order valence-electron chi connectivity index (χ4n) is 4.59. The van der Waals surface area contributed by atoms with Crippen molar-refractivity contribution < 1.29 is 28.7 Å². The molecule has 0 unspecified atom stereocenters. The summed E-state index contributed by atoms with van der Waals surface area (Å²) in [5, 5.41) is 9.06. The average molecular weight is 545 g/mol. The van der Waals surface area contributed by atoms with Gasteiger partial charge in [0.05, 0.1) is 19.4 Å². The molecule has 1 saturated heterocycles. The molecule has 214 valence electrons. The van der Waals surface area contributed by atoms with Crippen LogP contribution in [0.4, 0.5) is 4.79 Å². The molecular formula is C27H40N6O6. The molecule has 0 spiro atoms. The van der Waals surface area contributed by atoms with E-state index in [1.165, 1.54) is 0 Å². The molecule has 3 amide bonds. The van der Waals surface area contributed by atoms with Gasteiger partial charge in [-0.05, 0) is 44.1 Å². The monoisotopic (exact) mass is 544 g/mol. The Kier molecular flexibility index (Phi) is 11.9. The average Bonchev–Trinajstić information content (AvgIpc) is 3.77. The van der Waals surface area contributed by atoms with Gasteiger partial charge in [0, 0.05) is 32.2 Å². The van der Waals surface area contributed by atoms with Gasteiger partial charge in [0.1, 0.15) is 19.0 Å². The lowest BCUT2D eigenvalue weighted by atomic mass is 9.98. The summed E-state index contributed by atoms with van der Waals surface area (Å²) in [6.45, 7) is 4.17. The molecule has 1 aromatic rings. The molecule has 1 aliphatic heterocycles. The molecule has 2 atom stereocenters. The van der Waals surface area contributed by atoms with Crippen LogP contribution in [0.25, 0.3) is 0 Å². The highest BCUT2D eigenvalue weighted by Gasteiger charge is 2.37. The molecular weight excluding hydrogens is 504 g/mol. The first-order valence-electron chi connectivity index (χ1n) is 13.6. The number of nitrogens with two attached hydrogens (primary N) is 1. The number of rotatable bonds is 14. The van der Waals surface area contributed by atoms with Crippen LogP contribution in [0.3, 0.4) is 0 Å². The Hall–Kier alpha value is -3.83. The molecule has 1 heterocycles. The third-order valence-corrected chi connectivity index (χ3v) is 6.69. The van der Waals surface area contributed by atoms with Crippen LogP contribution in [-0.2, 0) is 30.5 Å². The second-order valence-electron chi connectivity index (χ2n) is 9.85. The van der Waals surface area contributed by atoms with Gasteiger partial charge in [-0.15, -0.1) is 0 Å². The van der Waals surface area contributed by atoms with Crippen molar-refractivity contribution in [2.45, 2.75) is 64.1 Å². The first kappa shape index (κ1) is 29.7. The van der Waals surface area contributed by atoms with Crippen molar-refractivity contribution in [1.29, 1.82) is 0 Å². The maximum atomic E-state index is 13.6. The quantitative estimate of drug-likeness (QED) is 0.104. The molecule has 39 heavy (non-hydrogen) atoms. The summed E-state index contributed by atoms with van der Waals surface area (Å²) in [5.74, 6) is 4.29. The lowest BCUT2D eigenvalue weighted by molar-refractivity contribution is -0.144. The summed E-state index contributed by atoms with van der Waals surface area (Å²) in [4.78, 5) is 54.6. The Morgan fingerprint density at radius 3 is 2.64 bits per heavy atom. The van der Waals surface area contributed by atoms with Gasteiger partial charge < -0.3 is 35.7 Å². The standard InChI is InChI=1S/C27H40N6O6/c1-2-38-25(35)12-14-33(22-10-11-22)26(36)23(31-27(37)39-18-20-7-4-3-5-8-20)15-24(34)29-16-21-9-6-13-32(17-21)19-30-28/h3-5,7-8,19,21-23H,2,6,9-18,28H2,1H3,(H,29,34)(H,31,37)/t21-,23-/m0/s1. The number of hydrogen-bond acceptors (Lipinski definition) is 8. The number of carbonyl (C=O) groups excluding carboxylic acids is 4. The minimum Gasteiger partial charge on any atom is -0.466 e. The van der Waals surface area contributed by atoms with Crippen LogP contribution in [-0.4, -0.2) is 84.9 Å². The van der Waals surface area contributed by atoms with Crippen molar-refractivity contribution in [1.82, 2.24) is 20.4 Å². The molecule has 0 aromatic heterocycles. The van der Waals surface area contributed by atoms with E-state index in [1.54, 1.807) is 18.2 Å². The fourth-order valence-corrected chi connectivity index (χ4v) is 4.59. The predicted octanol–water partition coefficient (Wildman–Crippen LogP) is 1.35. The molecule has 12 heteroatoms. The minimum atomic E-state index is -1.14. The van der Waals surface area contributed by atoms with Gasteiger partial charge in [0.25, 0.3) is 0 Å². The van der Waals surface area contributed by atoms with E-state index in [4.69, 9.17) is 15.3 Å². The van der Waals surface area contributed by atoms with Crippen molar-refractivity contribution in [2.24, 2.45) is 16.9 Å². The second kappa shape index (κ2) is 15.6. The van der Waals surface area contributed by atoms with E-state index < -0.39 is 24.0 Å². The van der Waals surface area contributed by atoms with Crippen molar-refractivity contribution >= 4 is 30.2 Å². The number of hydrazone groups is 1. The number of likely N-dealkylation sites (tertiary alicyclic amines) is 1. The number of nitrogens with zero attached hydrogens (tertiary/aromatic N) is 3. The SMILES string of the molecule is CCOC(=O)CCN(C(=O)[C@H](CC(=O)NC[C@@H]1CCCN(C=NN)C1)NC(=O)OCc1ccccc1)C1CC1. The zero-order chi connectivity index (χ0) is 28.0. The second-order valence-corrected chi connectivity index (χ2v) is 9.85. The highest BCUT2D eigenvalue weighted by molar-refractivity contribution is 5.91. The first-order valence-corrected chi connectivity index (χ1v) is 13.6. The highest BCUT2D eigenvalue weighted by Crippen LogP contribution is 2.28. The zero-order valence-electron chi connectivity index (χ0n) is 22.5. The summed E-state index contributed by atoms with van der Waals surface area (Å²) in [5.41, 5.74) is 0.795. The van der Waals surface area contributed by atoms with Crippen LogP contribution in [0.2, 0.25) is 0 Å². The molecule has 12 nitrogen and oxygen atoms in total. The van der Waals surface area contributed by atoms with Gasteiger partial charge in [-0.1, -0.05) is 30.3 Å². The Morgan fingerprint density at radius 1 is 1.18 bits per heavy atom. The van der Waals surface area contributed by atoms with E-state index in [9.17, 15) is 19.2 Å². The molecule has 0 radical (unpaired) electrons. The normalized spacial score (nSPS) is 17.8. The number of esters is 1. The van der Waals surface area contributed by atoms with Crippen molar-refractivity contribution in [3.05, 3.63) is 35.9 Å². The summed E-state index contributed by atoms with van der Waals surface area (Å²) in [6, 6.07) is 7.99. The Labute approximate surface area is 229 Å². The number of carbonyl (C=O) groups is 4. The Balaban J connectivity index is 1.61. The van der Waals surface area contributed by atoms with Crippen LogP contribution in [0.5, 0.6) is 0 Å². The number of benzene rings is 1. The van der Waals surface area contributed by atoms with Gasteiger partial charge in [-0.2, -0.15) is 5.10 Å². The van der Waals surface area contributed by atoms with E-state index >= 15 is 0 Å². The maximum Gasteiger partial charge on any atom is 0.408 e. The van der Waals surface area contributed by atoms with E-state index in [1.807, 2.05) is 35.2 Å². The minimum absolute atomic E-state index is 0.0270. The first-order chi connectivity index (χ1) is 18.9. The van der Waals surface area contributed by atoms with Gasteiger partial charge in [-0.3, -0.25) is 14.4 Å². The van der Waals surface area contributed by atoms with Crippen LogP contribution in [0, 0.1) is 5.92 Å². The number of alkyl carbamates (subject to hydrolysis) is 1. The summed E-state index contributed by atoms with van der Waals surface area (Å²) < 4.78 is 10.3. The smallest absolute Gasteiger partial charge is 0.408 e. The molecule has 2 aliphatic rings. The number of amides is 3. The molecule has 1 aromatic carbocycles. The molecule has 3 rings (SSSR count). The molecule has 0 bridgehead atoms. The maximum absolute atomic E-state index is 13.6. The molecule has 1 saturated carbocycles. The van der Waals surface area contributed by atoms with Crippen molar-refractivity contribution in [3.8, 4) is 0 Å². The zero-order valence-corrected chi connectivity index (χ0v) is 22.5. The van der Waals surface area contributed by atoms with E-state index in [0.29, 0.717) is 6.54 Å². The summed E-state index contributed by atoms with van der Waals surface area (Å²) >= 11 is 0. The van der Waals surface area contributed by atoms with Crippen LogP contribution >= 0.6 is 0 Å². The largest absolute Gasteiger partial charge is 0.466 e. The van der Waals surface area contributed by atoms with Crippen LogP contribution < -0.4 is 16.5 Å². The third kappa shape index (κ3) is 10.5. The summed E-state index contributed by atoms with van der Waals surface area (Å²) in [7, 11) is 0. The van der Waals surface area contributed by atoms with Gasteiger partial charge in [0.2, 0.25) is 11.8 Å². The number of hydrogen-bond donors (Lipinski definition) is 3. The van der Waals surface area contributed by atoms with Crippen molar-refractivity contribution in [2.75, 3.05) is 32.8 Å². The van der Waals surface area contributed by atoms with Crippen LogP contribution in [0.15, 0.2) is 35.4 Å². The predicted molar refractivity (Wildman–Crippen MR) is 144 cm³/mol. The van der Waals surface area contributed by atoms with Gasteiger partial charge >= 0.3 is 12.1 Å². The van der Waals surface area contributed by atoms with E-state index in [2.05, 4.69) is 15.7 Å². The summed E-state index contributed by atoms with van der Waals surface area (Å²) in [6.07, 6.45) is 4.10. The lowest BCUT2D eigenvalue weighted by Crippen LogP contribution is -2.52. The lowest BCUT2D eigenvalue weighted by Gasteiger charge is -2.31. The highest BCUT2D eigenvalue weighted by atomic mass is 16.5. The number of nitrogens with one attached hydrogen (secondary N) is 2. The van der Waals surface area contributed by atoms with Gasteiger partial charge in [-0.25, -0.2) is 4.79 Å². The molecule has 4 N–H and O–H groups in total. The molecule has 1 aliphatic carbocycles. The van der Waals surface area contributed by atoms with E-state index in [-0.39, 0.29) is 50.5 Å². The van der Waals surface area contributed by atoms with Crippen molar-refractivity contribution in [3.63, 3.8) is 0 Å². The topological polar surface area (TPSA) is 156 Å². The number of piperidine rings is 1. The Bertz CT molecular complexity index is 986. The van der Waals surface area contributed by atoms with Crippen LogP contribution in [0.1, 0.15) is 51.0 Å².